The minimum Gasteiger partial charge on any atom is -0.457 e. The van der Waals surface area contributed by atoms with Crippen LogP contribution in [0.25, 0.3) is 0 Å². The second kappa shape index (κ2) is 10.3. The van der Waals surface area contributed by atoms with Gasteiger partial charge in [0.1, 0.15) is 11.5 Å². The van der Waals surface area contributed by atoms with Crippen molar-refractivity contribution in [1.82, 2.24) is 10.2 Å². The molecule has 0 saturated carbocycles. The van der Waals surface area contributed by atoms with Crippen LogP contribution in [-0.2, 0) is 0 Å². The van der Waals surface area contributed by atoms with Gasteiger partial charge in [-0.15, -0.1) is 0 Å². The molecule has 0 radical (unpaired) electrons. The summed E-state index contributed by atoms with van der Waals surface area (Å²) in [7, 11) is 0. The Morgan fingerprint density at radius 3 is 2.35 bits per heavy atom. The van der Waals surface area contributed by atoms with Crippen molar-refractivity contribution in [2.75, 3.05) is 26.2 Å². The van der Waals surface area contributed by atoms with E-state index in [0.29, 0.717) is 6.04 Å². The summed E-state index contributed by atoms with van der Waals surface area (Å²) >= 11 is 0. The number of likely N-dealkylation sites (tertiary alicyclic amines) is 1. The zero-order valence-electron chi connectivity index (χ0n) is 16.0. The van der Waals surface area contributed by atoms with Crippen molar-refractivity contribution in [1.29, 1.82) is 0 Å². The van der Waals surface area contributed by atoms with Crippen molar-refractivity contribution < 1.29 is 4.74 Å². The molecule has 0 aliphatic carbocycles. The van der Waals surface area contributed by atoms with Gasteiger partial charge in [-0.25, -0.2) is 0 Å². The highest BCUT2D eigenvalue weighted by Gasteiger charge is 2.12. The fourth-order valence-electron chi connectivity index (χ4n) is 3.65. The van der Waals surface area contributed by atoms with Crippen LogP contribution in [0.15, 0.2) is 54.6 Å². The predicted molar refractivity (Wildman–Crippen MR) is 109 cm³/mol. The molecule has 3 nitrogen and oxygen atoms in total. The van der Waals surface area contributed by atoms with Gasteiger partial charge in [-0.05, 0) is 81.7 Å². The fraction of sp³-hybridized carbons (Fsp3) is 0.478. The number of nitrogens with zero attached hydrogens (tertiary/aromatic N) is 1. The van der Waals surface area contributed by atoms with Crippen LogP contribution in [0.4, 0.5) is 0 Å². The lowest BCUT2D eigenvalue weighted by atomic mass is 10.0. The molecular weight excluding hydrogens is 320 g/mol. The van der Waals surface area contributed by atoms with Gasteiger partial charge < -0.3 is 15.0 Å². The third-order valence-electron chi connectivity index (χ3n) is 5.08. The van der Waals surface area contributed by atoms with Crippen LogP contribution in [0.2, 0.25) is 0 Å². The number of hydrogen-bond donors (Lipinski definition) is 1. The summed E-state index contributed by atoms with van der Waals surface area (Å²) in [6, 6.07) is 18.9. The molecule has 1 aliphatic rings. The van der Waals surface area contributed by atoms with Crippen molar-refractivity contribution in [3.05, 3.63) is 60.2 Å². The van der Waals surface area contributed by atoms with Crippen LogP contribution in [0.5, 0.6) is 11.5 Å². The molecule has 140 valence electrons. The minimum atomic E-state index is 0.435. The van der Waals surface area contributed by atoms with E-state index < -0.39 is 0 Å². The molecule has 1 unspecified atom stereocenters. The highest BCUT2D eigenvalue weighted by Crippen LogP contribution is 2.25. The first-order valence-corrected chi connectivity index (χ1v) is 10.1. The van der Waals surface area contributed by atoms with Crippen LogP contribution >= 0.6 is 0 Å². The van der Waals surface area contributed by atoms with E-state index in [2.05, 4.69) is 41.4 Å². The van der Waals surface area contributed by atoms with Gasteiger partial charge in [0.05, 0.1) is 0 Å². The van der Waals surface area contributed by atoms with Gasteiger partial charge in [0.25, 0.3) is 0 Å². The minimum absolute atomic E-state index is 0.435. The molecule has 1 aliphatic heterocycles. The number of nitrogens with one attached hydrogen (secondary N) is 1. The third-order valence-corrected chi connectivity index (χ3v) is 5.08. The quantitative estimate of drug-likeness (QED) is 0.580. The van der Waals surface area contributed by atoms with Gasteiger partial charge in [-0.1, -0.05) is 43.7 Å². The van der Waals surface area contributed by atoms with E-state index in [4.69, 9.17) is 4.74 Å². The Hall–Kier alpha value is -1.84. The van der Waals surface area contributed by atoms with Gasteiger partial charge in [-0.2, -0.15) is 0 Å². The molecule has 0 aromatic heterocycles. The van der Waals surface area contributed by atoms with Crippen molar-refractivity contribution >= 4 is 0 Å². The summed E-state index contributed by atoms with van der Waals surface area (Å²) in [6.07, 6.45) is 6.34. The lowest BCUT2D eigenvalue weighted by Crippen LogP contribution is -2.27. The summed E-state index contributed by atoms with van der Waals surface area (Å²) in [5, 5.41) is 3.76. The molecular formula is C23H32N2O. The Kier molecular flexibility index (Phi) is 7.53. The summed E-state index contributed by atoms with van der Waals surface area (Å²) in [4.78, 5) is 2.59. The maximum atomic E-state index is 5.90. The maximum absolute atomic E-state index is 5.90. The number of hydrogen-bond acceptors (Lipinski definition) is 3. The molecule has 2 aromatic carbocycles. The Balaban J connectivity index is 1.50. The molecule has 0 bridgehead atoms. The highest BCUT2D eigenvalue weighted by molar-refractivity contribution is 5.33. The van der Waals surface area contributed by atoms with E-state index in [-0.39, 0.29) is 0 Å². The largest absolute Gasteiger partial charge is 0.457 e. The zero-order chi connectivity index (χ0) is 18.0. The second-order valence-electron chi connectivity index (χ2n) is 7.18. The molecule has 1 heterocycles. The predicted octanol–water partition coefficient (Wildman–Crippen LogP) is 5.40. The Morgan fingerprint density at radius 1 is 0.962 bits per heavy atom. The Morgan fingerprint density at radius 2 is 1.65 bits per heavy atom. The van der Waals surface area contributed by atoms with Crippen LogP contribution in [-0.4, -0.2) is 31.1 Å². The van der Waals surface area contributed by atoms with Crippen molar-refractivity contribution in [2.24, 2.45) is 0 Å². The molecule has 0 amide bonds. The molecule has 0 spiro atoms. The summed E-state index contributed by atoms with van der Waals surface area (Å²) in [5.74, 6) is 1.77. The van der Waals surface area contributed by atoms with Crippen LogP contribution < -0.4 is 10.1 Å². The van der Waals surface area contributed by atoms with E-state index in [1.807, 2.05) is 30.3 Å². The van der Waals surface area contributed by atoms with Gasteiger partial charge in [0.15, 0.2) is 0 Å². The first-order chi connectivity index (χ1) is 12.8. The summed E-state index contributed by atoms with van der Waals surface area (Å²) < 4.78 is 5.90. The van der Waals surface area contributed by atoms with Crippen LogP contribution in [0, 0.1) is 0 Å². The number of rotatable bonds is 10. The maximum Gasteiger partial charge on any atom is 0.127 e. The Labute approximate surface area is 158 Å². The second-order valence-corrected chi connectivity index (χ2v) is 7.18. The first-order valence-electron chi connectivity index (χ1n) is 10.1. The van der Waals surface area contributed by atoms with Crippen LogP contribution in [0.1, 0.15) is 50.6 Å². The molecule has 1 atom stereocenters. The zero-order valence-corrected chi connectivity index (χ0v) is 16.0. The van der Waals surface area contributed by atoms with E-state index in [9.17, 15) is 0 Å². The van der Waals surface area contributed by atoms with Crippen molar-refractivity contribution in [2.45, 2.75) is 45.1 Å². The standard InChI is InChI=1S/C23H32N2O/c1-2-9-23(24-16-8-19-25-17-6-7-18-25)20-12-14-22(15-13-20)26-21-10-4-3-5-11-21/h3-5,10-15,23-24H,2,6-9,16-19H2,1H3. The average molecular weight is 353 g/mol. The van der Waals surface area contributed by atoms with E-state index in [0.717, 1.165) is 18.0 Å². The van der Waals surface area contributed by atoms with Crippen LogP contribution in [0.3, 0.4) is 0 Å². The average Bonchev–Trinajstić information content (AvgIpc) is 3.19. The molecule has 2 aromatic rings. The van der Waals surface area contributed by atoms with Gasteiger partial charge >= 0.3 is 0 Å². The lowest BCUT2D eigenvalue weighted by molar-refractivity contribution is 0.326. The van der Waals surface area contributed by atoms with E-state index >= 15 is 0 Å². The van der Waals surface area contributed by atoms with Crippen molar-refractivity contribution in [3.8, 4) is 11.5 Å². The third kappa shape index (κ3) is 5.86. The van der Waals surface area contributed by atoms with Crippen molar-refractivity contribution in [3.63, 3.8) is 0 Å². The fourth-order valence-corrected chi connectivity index (χ4v) is 3.65. The molecule has 3 heteroatoms. The van der Waals surface area contributed by atoms with E-state index in [1.165, 1.54) is 57.3 Å². The van der Waals surface area contributed by atoms with Gasteiger partial charge in [0.2, 0.25) is 0 Å². The molecule has 26 heavy (non-hydrogen) atoms. The first kappa shape index (κ1) is 18.9. The smallest absolute Gasteiger partial charge is 0.127 e. The molecule has 1 fully saturated rings. The molecule has 3 rings (SSSR count). The topological polar surface area (TPSA) is 24.5 Å². The number of ether oxygens (including phenoxy) is 1. The van der Waals surface area contributed by atoms with Gasteiger partial charge in [-0.3, -0.25) is 0 Å². The highest BCUT2D eigenvalue weighted by atomic mass is 16.5. The summed E-state index contributed by atoms with van der Waals surface area (Å²) in [5.41, 5.74) is 1.36. The summed E-state index contributed by atoms with van der Waals surface area (Å²) in [6.45, 7) is 7.16. The lowest BCUT2D eigenvalue weighted by Gasteiger charge is -2.20. The molecule has 1 N–H and O–H groups in total. The normalized spacial score (nSPS) is 15.9. The SMILES string of the molecule is CCCC(NCCCN1CCCC1)c1ccc(Oc2ccccc2)cc1. The number of benzene rings is 2. The van der Waals surface area contributed by atoms with Gasteiger partial charge in [0, 0.05) is 6.04 Å². The Bertz CT molecular complexity index is 620. The molecule has 1 saturated heterocycles. The van der Waals surface area contributed by atoms with E-state index in [1.54, 1.807) is 0 Å². The number of para-hydroxylation sites is 1. The monoisotopic (exact) mass is 352 g/mol.